The fraction of sp³-hybridized carbons (Fsp3) is 0.875. The van der Waals surface area contributed by atoms with Crippen LogP contribution >= 0.6 is 0 Å². The van der Waals surface area contributed by atoms with E-state index in [1.165, 1.54) is 0 Å². The number of Topliss-reactive ketones (excluding diaryl/α,β-unsaturated/α-hetero) is 1. The Kier molecular flexibility index (Phi) is 3.52. The zero-order valence-electron chi connectivity index (χ0n) is 6.77. The molecule has 0 aliphatic rings. The molecule has 54 valence electrons. The van der Waals surface area contributed by atoms with Gasteiger partial charge in [0.2, 0.25) is 0 Å². The van der Waals surface area contributed by atoms with Crippen LogP contribution < -0.4 is 0 Å². The van der Waals surface area contributed by atoms with Crippen LogP contribution in [-0.4, -0.2) is 5.78 Å². The molecule has 0 N–H and O–H groups in total. The van der Waals surface area contributed by atoms with E-state index in [1.807, 2.05) is 0 Å². The van der Waals surface area contributed by atoms with E-state index >= 15 is 0 Å². The van der Waals surface area contributed by atoms with Gasteiger partial charge in [-0.15, -0.1) is 0 Å². The number of carbonyl (C=O) groups is 1. The topological polar surface area (TPSA) is 17.1 Å². The third kappa shape index (κ3) is 4.19. The molecule has 0 aliphatic heterocycles. The van der Waals surface area contributed by atoms with Gasteiger partial charge in [0.15, 0.2) is 0 Å². The summed E-state index contributed by atoms with van der Waals surface area (Å²) < 4.78 is 0. The molecule has 0 heterocycles. The maximum Gasteiger partial charge on any atom is 0.130 e. The van der Waals surface area contributed by atoms with Crippen LogP contribution in [0.5, 0.6) is 0 Å². The van der Waals surface area contributed by atoms with Crippen molar-refractivity contribution in [3.8, 4) is 0 Å². The van der Waals surface area contributed by atoms with E-state index in [4.69, 9.17) is 0 Å². The second-order valence-electron chi connectivity index (χ2n) is 3.13. The molecule has 9 heavy (non-hydrogen) atoms. The van der Waals surface area contributed by atoms with Gasteiger partial charge in [-0.1, -0.05) is 20.8 Å². The highest BCUT2D eigenvalue weighted by Crippen LogP contribution is 2.13. The monoisotopic (exact) mass is 128 g/mol. The Morgan fingerprint density at radius 2 is 1.78 bits per heavy atom. The predicted octanol–water partition coefficient (Wildman–Crippen LogP) is 2.26. The molecule has 0 saturated heterocycles. The highest BCUT2D eigenvalue weighted by molar-refractivity contribution is 5.75. The Labute approximate surface area is 57.5 Å². The van der Waals surface area contributed by atoms with Crippen LogP contribution in [-0.2, 0) is 4.79 Å². The van der Waals surface area contributed by atoms with Gasteiger partial charge in [-0.05, 0) is 18.8 Å². The van der Waals surface area contributed by atoms with Gasteiger partial charge < -0.3 is 4.79 Å². The van der Waals surface area contributed by atoms with E-state index in [0.29, 0.717) is 17.6 Å². The van der Waals surface area contributed by atoms with Gasteiger partial charge in [0.25, 0.3) is 0 Å². The molecule has 0 rings (SSSR count). The summed E-state index contributed by atoms with van der Waals surface area (Å²) in [4.78, 5) is 10.6. The molecular weight excluding hydrogens is 112 g/mol. The molecule has 0 aliphatic carbocycles. The summed E-state index contributed by atoms with van der Waals surface area (Å²) in [5, 5.41) is 0. The third-order valence-corrected chi connectivity index (χ3v) is 1.75. The van der Waals surface area contributed by atoms with E-state index in [1.54, 1.807) is 6.92 Å². The Bertz CT molecular complexity index is 94.7. The lowest BCUT2D eigenvalue weighted by Gasteiger charge is -2.12. The minimum absolute atomic E-state index is 0.302. The van der Waals surface area contributed by atoms with Crippen molar-refractivity contribution in [1.82, 2.24) is 0 Å². The molecule has 0 aromatic heterocycles. The van der Waals surface area contributed by atoms with E-state index in [-0.39, 0.29) is 0 Å². The first-order valence-corrected chi connectivity index (χ1v) is 3.53. The zero-order chi connectivity index (χ0) is 7.44. The van der Waals surface area contributed by atoms with Crippen molar-refractivity contribution in [3.05, 3.63) is 0 Å². The van der Waals surface area contributed by atoms with Crippen molar-refractivity contribution in [2.75, 3.05) is 0 Å². The van der Waals surface area contributed by atoms with Crippen LogP contribution in [0.25, 0.3) is 0 Å². The minimum atomic E-state index is 0.302. The maximum absolute atomic E-state index is 10.6. The van der Waals surface area contributed by atoms with Crippen molar-refractivity contribution in [3.63, 3.8) is 0 Å². The van der Waals surface area contributed by atoms with Gasteiger partial charge in [-0.2, -0.15) is 0 Å². The van der Waals surface area contributed by atoms with Crippen LogP contribution in [0.2, 0.25) is 0 Å². The summed E-state index contributed by atoms with van der Waals surface area (Å²) >= 11 is 0. The van der Waals surface area contributed by atoms with Crippen LogP contribution in [0, 0.1) is 11.8 Å². The van der Waals surface area contributed by atoms with E-state index < -0.39 is 0 Å². The quantitative estimate of drug-likeness (QED) is 0.569. The zero-order valence-corrected chi connectivity index (χ0v) is 6.77. The molecule has 0 aromatic carbocycles. The summed E-state index contributed by atoms with van der Waals surface area (Å²) in [6, 6.07) is 0. The number of carbonyl (C=O) groups excluding carboxylic acids is 1. The van der Waals surface area contributed by atoms with Crippen molar-refractivity contribution in [2.24, 2.45) is 11.8 Å². The van der Waals surface area contributed by atoms with Crippen LogP contribution in [0.4, 0.5) is 0 Å². The number of hydrogen-bond acceptors (Lipinski definition) is 1. The predicted molar refractivity (Wildman–Crippen MR) is 39.3 cm³/mol. The highest BCUT2D eigenvalue weighted by atomic mass is 16.1. The lowest BCUT2D eigenvalue weighted by atomic mass is 9.93. The molecule has 0 saturated carbocycles. The van der Waals surface area contributed by atoms with Gasteiger partial charge in [0.1, 0.15) is 5.78 Å². The Morgan fingerprint density at radius 1 is 1.33 bits per heavy atom. The van der Waals surface area contributed by atoms with E-state index in [0.717, 1.165) is 6.42 Å². The van der Waals surface area contributed by atoms with Gasteiger partial charge in [0, 0.05) is 6.42 Å². The fourth-order valence-corrected chi connectivity index (χ4v) is 0.689. The first-order chi connectivity index (χ1) is 4.04. The van der Waals surface area contributed by atoms with Gasteiger partial charge >= 0.3 is 0 Å². The first kappa shape index (κ1) is 8.67. The standard InChI is InChI=1S/C8H16O/c1-6(2)7(3)5-8(4)9/h6-7H,5H2,1-4H3. The molecule has 0 spiro atoms. The lowest BCUT2D eigenvalue weighted by Crippen LogP contribution is -2.07. The number of hydrogen-bond donors (Lipinski definition) is 0. The molecule has 0 bridgehead atoms. The fourth-order valence-electron chi connectivity index (χ4n) is 0.689. The number of ketones is 1. The van der Waals surface area contributed by atoms with Gasteiger partial charge in [-0.25, -0.2) is 0 Å². The Morgan fingerprint density at radius 3 is 1.89 bits per heavy atom. The van der Waals surface area contributed by atoms with Gasteiger partial charge in [-0.3, -0.25) is 0 Å². The van der Waals surface area contributed by atoms with Crippen molar-refractivity contribution in [2.45, 2.75) is 34.1 Å². The highest BCUT2D eigenvalue weighted by Gasteiger charge is 2.08. The molecular formula is C8H16O. The normalized spacial score (nSPS) is 13.9. The Balaban J connectivity index is 3.50. The summed E-state index contributed by atoms with van der Waals surface area (Å²) in [7, 11) is 0. The van der Waals surface area contributed by atoms with Crippen molar-refractivity contribution >= 4 is 5.78 Å². The summed E-state index contributed by atoms with van der Waals surface area (Å²) in [5.41, 5.74) is 0. The molecule has 0 fully saturated rings. The SMILES string of the molecule is CC(=O)CC(C)C(C)C. The molecule has 1 nitrogen and oxygen atoms in total. The van der Waals surface area contributed by atoms with Crippen LogP contribution in [0.15, 0.2) is 0 Å². The smallest absolute Gasteiger partial charge is 0.130 e. The summed E-state index contributed by atoms with van der Waals surface area (Å²) in [6.07, 6.45) is 0.734. The van der Waals surface area contributed by atoms with Crippen molar-refractivity contribution < 1.29 is 4.79 Å². The van der Waals surface area contributed by atoms with E-state index in [2.05, 4.69) is 20.8 Å². The molecule has 1 unspecified atom stereocenters. The van der Waals surface area contributed by atoms with E-state index in [9.17, 15) is 4.79 Å². The molecule has 1 heteroatoms. The maximum atomic E-state index is 10.6. The molecule has 0 radical (unpaired) electrons. The largest absolute Gasteiger partial charge is 0.300 e. The van der Waals surface area contributed by atoms with Crippen LogP contribution in [0.3, 0.4) is 0 Å². The lowest BCUT2D eigenvalue weighted by molar-refractivity contribution is -0.118. The minimum Gasteiger partial charge on any atom is -0.300 e. The van der Waals surface area contributed by atoms with Gasteiger partial charge in [0.05, 0.1) is 0 Å². The number of rotatable bonds is 3. The summed E-state index contributed by atoms with van der Waals surface area (Å²) in [6.45, 7) is 8.06. The van der Waals surface area contributed by atoms with Crippen molar-refractivity contribution in [1.29, 1.82) is 0 Å². The second kappa shape index (κ2) is 3.65. The van der Waals surface area contributed by atoms with Crippen LogP contribution in [0.1, 0.15) is 34.1 Å². The second-order valence-corrected chi connectivity index (χ2v) is 3.13. The molecule has 0 amide bonds. The molecule has 1 atom stereocenters. The average molecular weight is 128 g/mol. The average Bonchev–Trinajstić information content (AvgIpc) is 1.63. The third-order valence-electron chi connectivity index (χ3n) is 1.75. The first-order valence-electron chi connectivity index (χ1n) is 3.53. The summed E-state index contributed by atoms with van der Waals surface area (Å²) in [5.74, 6) is 1.48. The molecule has 0 aromatic rings. The Hall–Kier alpha value is -0.330.